The van der Waals surface area contributed by atoms with E-state index in [4.69, 9.17) is 5.11 Å². The van der Waals surface area contributed by atoms with E-state index in [1.165, 1.54) is 6.42 Å². The van der Waals surface area contributed by atoms with Crippen molar-refractivity contribution >= 4 is 0 Å². The number of hydrogen-bond donors (Lipinski definition) is 2. The van der Waals surface area contributed by atoms with Gasteiger partial charge in [-0.05, 0) is 30.6 Å². The molecule has 70 valence electrons. The summed E-state index contributed by atoms with van der Waals surface area (Å²) in [5.41, 5.74) is -0.524. The van der Waals surface area contributed by atoms with Crippen LogP contribution < -0.4 is 0 Å². The van der Waals surface area contributed by atoms with E-state index in [0.717, 1.165) is 12.8 Å². The second-order valence-corrected chi connectivity index (χ2v) is 5.00. The first-order chi connectivity index (χ1) is 5.52. The first kappa shape index (κ1) is 8.52. The van der Waals surface area contributed by atoms with Crippen LogP contribution in [0.1, 0.15) is 33.1 Å². The van der Waals surface area contributed by atoms with Crippen LogP contribution in [0.3, 0.4) is 0 Å². The second kappa shape index (κ2) is 2.24. The molecule has 2 bridgehead atoms. The van der Waals surface area contributed by atoms with Gasteiger partial charge in [-0.3, -0.25) is 0 Å². The molecular formula is C10H18O2. The number of aliphatic hydroxyl groups is 2. The zero-order valence-corrected chi connectivity index (χ0v) is 7.88. The first-order valence-electron chi connectivity index (χ1n) is 4.85. The van der Waals surface area contributed by atoms with Gasteiger partial charge in [-0.1, -0.05) is 13.8 Å². The molecule has 0 aromatic heterocycles. The standard InChI is InChI=1S/C10H18O2/c1-9(2)7-3-4-8(6-11)10(9,12)5-7/h7-8,11-12H,3-6H2,1-2H3/t7?,8?,10-/m1/s1. The average molecular weight is 170 g/mol. The van der Waals surface area contributed by atoms with Crippen molar-refractivity contribution in [2.75, 3.05) is 6.61 Å². The molecule has 0 aromatic carbocycles. The summed E-state index contributed by atoms with van der Waals surface area (Å²) in [6, 6.07) is 0. The predicted octanol–water partition coefficient (Wildman–Crippen LogP) is 1.17. The van der Waals surface area contributed by atoms with Gasteiger partial charge in [-0.2, -0.15) is 0 Å². The highest BCUT2D eigenvalue weighted by Gasteiger charge is 2.64. The van der Waals surface area contributed by atoms with E-state index in [0.29, 0.717) is 5.92 Å². The fraction of sp³-hybridized carbons (Fsp3) is 1.00. The summed E-state index contributed by atoms with van der Waals surface area (Å²) in [6.45, 7) is 4.40. The first-order valence-corrected chi connectivity index (χ1v) is 4.85. The monoisotopic (exact) mass is 170 g/mol. The molecule has 0 aromatic rings. The third-order valence-electron chi connectivity index (χ3n) is 4.45. The Labute approximate surface area is 73.6 Å². The van der Waals surface area contributed by atoms with Crippen LogP contribution in [-0.4, -0.2) is 22.4 Å². The number of aliphatic hydroxyl groups excluding tert-OH is 1. The molecular weight excluding hydrogens is 152 g/mol. The van der Waals surface area contributed by atoms with Crippen LogP contribution in [0.4, 0.5) is 0 Å². The Bertz CT molecular complexity index is 200. The van der Waals surface area contributed by atoms with E-state index in [1.807, 2.05) is 0 Å². The summed E-state index contributed by atoms with van der Waals surface area (Å²) in [7, 11) is 0. The maximum Gasteiger partial charge on any atom is 0.0753 e. The van der Waals surface area contributed by atoms with E-state index in [-0.39, 0.29) is 17.9 Å². The summed E-state index contributed by atoms with van der Waals surface area (Å²) >= 11 is 0. The molecule has 2 N–H and O–H groups in total. The van der Waals surface area contributed by atoms with Gasteiger partial charge in [0.1, 0.15) is 0 Å². The quantitative estimate of drug-likeness (QED) is 0.620. The lowest BCUT2D eigenvalue weighted by molar-refractivity contribution is -0.261. The molecule has 0 heterocycles. The highest BCUT2D eigenvalue weighted by atomic mass is 16.3. The molecule has 0 radical (unpaired) electrons. The van der Waals surface area contributed by atoms with Gasteiger partial charge in [-0.25, -0.2) is 0 Å². The van der Waals surface area contributed by atoms with Crippen LogP contribution in [0.2, 0.25) is 0 Å². The van der Waals surface area contributed by atoms with Gasteiger partial charge >= 0.3 is 0 Å². The number of rotatable bonds is 1. The smallest absolute Gasteiger partial charge is 0.0753 e. The Hall–Kier alpha value is -0.0800. The largest absolute Gasteiger partial charge is 0.396 e. The van der Waals surface area contributed by atoms with Gasteiger partial charge in [0.2, 0.25) is 0 Å². The fourth-order valence-electron chi connectivity index (χ4n) is 3.16. The van der Waals surface area contributed by atoms with Gasteiger partial charge in [-0.15, -0.1) is 0 Å². The molecule has 0 amide bonds. The zero-order chi connectivity index (χ0) is 8.98. The molecule has 3 saturated carbocycles. The Morgan fingerprint density at radius 1 is 1.33 bits per heavy atom. The Kier molecular flexibility index (Phi) is 1.59. The molecule has 3 rings (SSSR count). The van der Waals surface area contributed by atoms with Crippen molar-refractivity contribution in [2.24, 2.45) is 17.3 Å². The van der Waals surface area contributed by atoms with Gasteiger partial charge < -0.3 is 10.2 Å². The number of fused-ring (bicyclic) bond motifs is 2. The third-order valence-corrected chi connectivity index (χ3v) is 4.45. The highest BCUT2D eigenvalue weighted by Crippen LogP contribution is 2.63. The van der Waals surface area contributed by atoms with Crippen molar-refractivity contribution in [1.82, 2.24) is 0 Å². The number of hydrogen-bond acceptors (Lipinski definition) is 2. The molecule has 0 saturated heterocycles. The molecule has 3 fully saturated rings. The highest BCUT2D eigenvalue weighted by molar-refractivity contribution is 5.14. The van der Waals surface area contributed by atoms with E-state index in [1.54, 1.807) is 0 Å². The maximum atomic E-state index is 10.3. The third kappa shape index (κ3) is 0.728. The van der Waals surface area contributed by atoms with Crippen molar-refractivity contribution in [3.8, 4) is 0 Å². The van der Waals surface area contributed by atoms with Crippen molar-refractivity contribution in [1.29, 1.82) is 0 Å². The van der Waals surface area contributed by atoms with Crippen LogP contribution in [0.15, 0.2) is 0 Å². The Morgan fingerprint density at radius 3 is 2.42 bits per heavy atom. The van der Waals surface area contributed by atoms with Gasteiger partial charge in [0, 0.05) is 12.5 Å². The minimum absolute atomic E-state index is 0.0403. The molecule has 2 unspecified atom stereocenters. The summed E-state index contributed by atoms with van der Waals surface area (Å²) in [4.78, 5) is 0. The molecule has 2 heteroatoms. The molecule has 0 aliphatic heterocycles. The summed E-state index contributed by atoms with van der Waals surface area (Å²) < 4.78 is 0. The molecule has 12 heavy (non-hydrogen) atoms. The van der Waals surface area contributed by atoms with Gasteiger partial charge in [0.25, 0.3) is 0 Å². The Morgan fingerprint density at radius 2 is 2.00 bits per heavy atom. The molecule has 3 aliphatic rings. The molecule has 2 nitrogen and oxygen atoms in total. The van der Waals surface area contributed by atoms with Crippen molar-refractivity contribution in [3.63, 3.8) is 0 Å². The van der Waals surface area contributed by atoms with Crippen LogP contribution >= 0.6 is 0 Å². The SMILES string of the molecule is CC1(C)C2CCC(CO)[C@]1(O)C2. The minimum atomic E-state index is -0.565. The van der Waals surface area contributed by atoms with E-state index in [2.05, 4.69) is 13.8 Å². The zero-order valence-electron chi connectivity index (χ0n) is 7.88. The molecule has 3 aliphatic carbocycles. The van der Waals surface area contributed by atoms with E-state index >= 15 is 0 Å². The van der Waals surface area contributed by atoms with E-state index in [9.17, 15) is 5.11 Å². The van der Waals surface area contributed by atoms with Gasteiger partial charge in [0.15, 0.2) is 0 Å². The van der Waals surface area contributed by atoms with Crippen LogP contribution in [-0.2, 0) is 0 Å². The molecule has 3 atom stereocenters. The topological polar surface area (TPSA) is 40.5 Å². The van der Waals surface area contributed by atoms with Crippen LogP contribution in [0.25, 0.3) is 0 Å². The van der Waals surface area contributed by atoms with Crippen molar-refractivity contribution < 1.29 is 10.2 Å². The maximum absolute atomic E-state index is 10.3. The predicted molar refractivity (Wildman–Crippen MR) is 46.6 cm³/mol. The van der Waals surface area contributed by atoms with Crippen LogP contribution in [0, 0.1) is 17.3 Å². The van der Waals surface area contributed by atoms with E-state index < -0.39 is 5.60 Å². The second-order valence-electron chi connectivity index (χ2n) is 5.00. The summed E-state index contributed by atoms with van der Waals surface area (Å²) in [5, 5.41) is 19.4. The van der Waals surface area contributed by atoms with Crippen LogP contribution in [0.5, 0.6) is 0 Å². The lowest BCUT2D eigenvalue weighted by Gasteiger charge is -2.65. The van der Waals surface area contributed by atoms with Crippen molar-refractivity contribution in [3.05, 3.63) is 0 Å². The summed E-state index contributed by atoms with van der Waals surface area (Å²) in [5.74, 6) is 0.808. The minimum Gasteiger partial charge on any atom is -0.396 e. The summed E-state index contributed by atoms with van der Waals surface area (Å²) in [6.07, 6.45) is 3.09. The Balaban J connectivity index is 2.24. The normalized spacial score (nSPS) is 50.0. The lowest BCUT2D eigenvalue weighted by atomic mass is 9.43. The fourth-order valence-corrected chi connectivity index (χ4v) is 3.16. The molecule has 0 spiro atoms. The lowest BCUT2D eigenvalue weighted by Crippen LogP contribution is -2.68. The van der Waals surface area contributed by atoms with Gasteiger partial charge in [0.05, 0.1) is 5.60 Å². The average Bonchev–Trinajstić information content (AvgIpc) is 2.04. The van der Waals surface area contributed by atoms with Crippen molar-refractivity contribution in [2.45, 2.75) is 38.7 Å².